The quantitative estimate of drug-likeness (QED) is 0.735. The second-order valence-corrected chi connectivity index (χ2v) is 8.63. The van der Waals surface area contributed by atoms with Gasteiger partial charge in [-0.3, -0.25) is 4.79 Å². The standard InChI is InChI=1S/C24H26F3N3O3/c1-3-28-23(32)30-11-14(2)24(13-33-12-21(31)29-24)20(30)9-15-5-4-6-19(22(15)27)16-7-17(25)10-18(26)8-16/h4-8,10,14,20H,3,9,11-13H2,1-2H3,(H,28,32)(H,29,31)/t14-,20?,24?/m0/s1. The Morgan fingerprint density at radius 2 is 1.97 bits per heavy atom. The number of halogens is 3. The molecular formula is C24H26F3N3O3. The number of benzene rings is 2. The number of rotatable bonds is 4. The van der Waals surface area contributed by atoms with Gasteiger partial charge in [0.15, 0.2) is 0 Å². The van der Waals surface area contributed by atoms with Gasteiger partial charge < -0.3 is 20.3 Å². The van der Waals surface area contributed by atoms with Crippen LogP contribution in [0.1, 0.15) is 19.4 Å². The Labute approximate surface area is 190 Å². The van der Waals surface area contributed by atoms with E-state index in [0.717, 1.165) is 18.2 Å². The zero-order valence-corrected chi connectivity index (χ0v) is 18.5. The third kappa shape index (κ3) is 4.29. The predicted molar refractivity (Wildman–Crippen MR) is 116 cm³/mol. The number of hydrogen-bond donors (Lipinski definition) is 2. The first-order valence-electron chi connectivity index (χ1n) is 10.9. The SMILES string of the molecule is CCNC(=O)N1C[C@H](C)C2(COCC(=O)N2)C1Cc1cccc(-c2cc(F)cc(F)c2)c1F. The molecule has 2 unspecified atom stereocenters. The molecule has 2 heterocycles. The van der Waals surface area contributed by atoms with Crippen LogP contribution >= 0.6 is 0 Å². The molecule has 3 amide bonds. The molecule has 3 atom stereocenters. The molecule has 2 aromatic carbocycles. The van der Waals surface area contributed by atoms with Crippen LogP contribution < -0.4 is 10.6 Å². The molecule has 2 aromatic rings. The minimum absolute atomic E-state index is 0.0551. The van der Waals surface area contributed by atoms with Gasteiger partial charge in [0.05, 0.1) is 18.2 Å². The largest absolute Gasteiger partial charge is 0.369 e. The molecule has 176 valence electrons. The van der Waals surface area contributed by atoms with E-state index in [2.05, 4.69) is 10.6 Å². The van der Waals surface area contributed by atoms with Gasteiger partial charge in [0, 0.05) is 30.6 Å². The molecule has 0 saturated carbocycles. The van der Waals surface area contributed by atoms with Crippen molar-refractivity contribution in [1.29, 1.82) is 0 Å². The molecule has 0 aliphatic carbocycles. The molecule has 2 aliphatic rings. The lowest BCUT2D eigenvalue weighted by Gasteiger charge is -2.43. The van der Waals surface area contributed by atoms with Gasteiger partial charge in [0.2, 0.25) is 5.91 Å². The molecule has 9 heteroatoms. The summed E-state index contributed by atoms with van der Waals surface area (Å²) < 4.78 is 48.6. The van der Waals surface area contributed by atoms with Crippen LogP contribution in [0.4, 0.5) is 18.0 Å². The third-order valence-corrected chi connectivity index (χ3v) is 6.52. The summed E-state index contributed by atoms with van der Waals surface area (Å²) in [7, 11) is 0. The van der Waals surface area contributed by atoms with Crippen molar-refractivity contribution >= 4 is 11.9 Å². The minimum atomic E-state index is -0.881. The van der Waals surface area contributed by atoms with Crippen molar-refractivity contribution in [2.24, 2.45) is 5.92 Å². The summed E-state index contributed by atoms with van der Waals surface area (Å²) in [4.78, 5) is 26.7. The fraction of sp³-hybridized carbons (Fsp3) is 0.417. The van der Waals surface area contributed by atoms with Crippen LogP contribution in [0.5, 0.6) is 0 Å². The summed E-state index contributed by atoms with van der Waals surface area (Å²) in [5, 5.41) is 5.79. The lowest BCUT2D eigenvalue weighted by Crippen LogP contribution is -2.66. The van der Waals surface area contributed by atoms with Crippen LogP contribution in [0.15, 0.2) is 36.4 Å². The maximum atomic E-state index is 15.6. The first-order chi connectivity index (χ1) is 15.7. The second-order valence-electron chi connectivity index (χ2n) is 8.63. The molecule has 2 fully saturated rings. The molecule has 33 heavy (non-hydrogen) atoms. The Hall–Kier alpha value is -3.07. The van der Waals surface area contributed by atoms with E-state index in [4.69, 9.17) is 4.74 Å². The van der Waals surface area contributed by atoms with Gasteiger partial charge in [-0.2, -0.15) is 0 Å². The number of urea groups is 1. The molecule has 6 nitrogen and oxygen atoms in total. The second kappa shape index (κ2) is 9.05. The third-order valence-electron chi connectivity index (χ3n) is 6.52. The van der Waals surface area contributed by atoms with Crippen LogP contribution in [-0.4, -0.2) is 54.7 Å². The Balaban J connectivity index is 1.74. The van der Waals surface area contributed by atoms with E-state index in [9.17, 15) is 18.4 Å². The van der Waals surface area contributed by atoms with E-state index in [1.807, 2.05) is 6.92 Å². The van der Waals surface area contributed by atoms with E-state index in [1.165, 1.54) is 6.07 Å². The number of nitrogens with one attached hydrogen (secondary N) is 2. The number of carbonyl (C=O) groups is 2. The van der Waals surface area contributed by atoms with Crippen LogP contribution in [0.2, 0.25) is 0 Å². The van der Waals surface area contributed by atoms with Crippen LogP contribution in [-0.2, 0) is 16.0 Å². The number of carbonyl (C=O) groups excluding carboxylic acids is 2. The molecule has 2 saturated heterocycles. The van der Waals surface area contributed by atoms with Crippen molar-refractivity contribution in [1.82, 2.24) is 15.5 Å². The summed E-state index contributed by atoms with van der Waals surface area (Å²) in [5.41, 5.74) is -0.478. The van der Waals surface area contributed by atoms with Gasteiger partial charge in [-0.1, -0.05) is 25.1 Å². The monoisotopic (exact) mass is 461 g/mol. The van der Waals surface area contributed by atoms with Crippen molar-refractivity contribution in [3.05, 3.63) is 59.4 Å². The van der Waals surface area contributed by atoms with Crippen molar-refractivity contribution in [3.63, 3.8) is 0 Å². The first kappa shape index (κ1) is 23.1. The lowest BCUT2D eigenvalue weighted by atomic mass is 9.79. The zero-order chi connectivity index (χ0) is 23.8. The highest BCUT2D eigenvalue weighted by molar-refractivity contribution is 5.80. The summed E-state index contributed by atoms with van der Waals surface area (Å²) in [6.45, 7) is 4.62. The number of ether oxygens (including phenoxy) is 1. The van der Waals surface area contributed by atoms with E-state index < -0.39 is 29.0 Å². The Bertz CT molecular complexity index is 1060. The van der Waals surface area contributed by atoms with Crippen LogP contribution in [0, 0.1) is 23.4 Å². The van der Waals surface area contributed by atoms with E-state index in [1.54, 1.807) is 24.0 Å². The van der Waals surface area contributed by atoms with E-state index in [0.29, 0.717) is 13.1 Å². The van der Waals surface area contributed by atoms with Crippen LogP contribution in [0.3, 0.4) is 0 Å². The van der Waals surface area contributed by atoms with Crippen LogP contribution in [0.25, 0.3) is 11.1 Å². The molecule has 0 radical (unpaired) electrons. The van der Waals surface area contributed by atoms with Gasteiger partial charge in [-0.25, -0.2) is 18.0 Å². The van der Waals surface area contributed by atoms with Gasteiger partial charge in [-0.05, 0) is 36.6 Å². The highest BCUT2D eigenvalue weighted by Gasteiger charge is 2.56. The molecule has 1 spiro atoms. The van der Waals surface area contributed by atoms with E-state index in [-0.39, 0.29) is 54.2 Å². The maximum Gasteiger partial charge on any atom is 0.317 e. The highest BCUT2D eigenvalue weighted by Crippen LogP contribution is 2.38. The summed E-state index contributed by atoms with van der Waals surface area (Å²) >= 11 is 0. The van der Waals surface area contributed by atoms with Gasteiger partial charge in [0.1, 0.15) is 24.1 Å². The summed E-state index contributed by atoms with van der Waals surface area (Å²) in [6.07, 6.45) is 0.0859. The Morgan fingerprint density at radius 3 is 2.64 bits per heavy atom. The molecular weight excluding hydrogens is 435 g/mol. The molecule has 4 rings (SSSR count). The van der Waals surface area contributed by atoms with Crippen molar-refractivity contribution < 1.29 is 27.5 Å². The van der Waals surface area contributed by atoms with Crippen molar-refractivity contribution in [2.45, 2.75) is 31.8 Å². The predicted octanol–water partition coefficient (Wildman–Crippen LogP) is 3.25. The smallest absolute Gasteiger partial charge is 0.317 e. The topological polar surface area (TPSA) is 70.7 Å². The van der Waals surface area contributed by atoms with Crippen molar-refractivity contribution in [2.75, 3.05) is 26.3 Å². The fourth-order valence-electron chi connectivity index (χ4n) is 4.93. The lowest BCUT2D eigenvalue weighted by molar-refractivity contribution is -0.137. The fourth-order valence-corrected chi connectivity index (χ4v) is 4.93. The number of nitrogens with zero attached hydrogens (tertiary/aromatic N) is 1. The van der Waals surface area contributed by atoms with Crippen molar-refractivity contribution in [3.8, 4) is 11.1 Å². The number of amides is 3. The Kier molecular flexibility index (Phi) is 6.34. The van der Waals surface area contributed by atoms with E-state index >= 15 is 4.39 Å². The van der Waals surface area contributed by atoms with Gasteiger partial charge >= 0.3 is 6.03 Å². The average Bonchev–Trinajstić information content (AvgIpc) is 3.00. The highest BCUT2D eigenvalue weighted by atomic mass is 19.1. The molecule has 2 N–H and O–H groups in total. The van der Waals surface area contributed by atoms with Gasteiger partial charge in [-0.15, -0.1) is 0 Å². The molecule has 2 aliphatic heterocycles. The summed E-state index contributed by atoms with van der Waals surface area (Å²) in [6, 6.07) is 6.60. The molecule has 0 bridgehead atoms. The van der Waals surface area contributed by atoms with Gasteiger partial charge in [0.25, 0.3) is 0 Å². The minimum Gasteiger partial charge on any atom is -0.369 e. The number of morpholine rings is 1. The summed E-state index contributed by atoms with van der Waals surface area (Å²) in [5.74, 6) is -2.67. The number of hydrogen-bond acceptors (Lipinski definition) is 3. The molecule has 0 aromatic heterocycles. The number of likely N-dealkylation sites (tertiary alicyclic amines) is 1. The normalized spacial score (nSPS) is 24.8. The first-order valence-corrected chi connectivity index (χ1v) is 10.9. The zero-order valence-electron chi connectivity index (χ0n) is 18.5. The maximum absolute atomic E-state index is 15.6. The average molecular weight is 461 g/mol. The Morgan fingerprint density at radius 1 is 1.24 bits per heavy atom.